The van der Waals surface area contributed by atoms with Gasteiger partial charge in [-0.05, 0) is 43.4 Å². The summed E-state index contributed by atoms with van der Waals surface area (Å²) in [6.07, 6.45) is 3.70. The topological polar surface area (TPSA) is 53.0 Å². The number of hydrogen-bond donors (Lipinski definition) is 1. The van der Waals surface area contributed by atoms with Crippen molar-refractivity contribution >= 4 is 11.4 Å². The molecule has 1 aliphatic rings. The van der Waals surface area contributed by atoms with E-state index in [0.717, 1.165) is 17.9 Å². The monoisotopic (exact) mass is 243 g/mol. The zero-order valence-corrected chi connectivity index (χ0v) is 11.2. The smallest absolute Gasteiger partial charge is 0.0992 e. The third-order valence-corrected chi connectivity index (χ3v) is 3.40. The molecular formula is C15H21N3. The summed E-state index contributed by atoms with van der Waals surface area (Å²) in [7, 11) is 0. The number of nitrogens with two attached hydrogens (primary N) is 1. The van der Waals surface area contributed by atoms with E-state index in [4.69, 9.17) is 11.0 Å². The molecule has 1 fully saturated rings. The lowest BCUT2D eigenvalue weighted by Gasteiger charge is -2.27. The first kappa shape index (κ1) is 12.8. The lowest BCUT2D eigenvalue weighted by Crippen LogP contribution is -2.28. The molecule has 3 heteroatoms. The number of nitrogens with zero attached hydrogens (tertiary/aromatic N) is 2. The Morgan fingerprint density at radius 3 is 2.67 bits per heavy atom. The Morgan fingerprint density at radius 2 is 2.17 bits per heavy atom. The summed E-state index contributed by atoms with van der Waals surface area (Å²) in [5, 5.41) is 8.87. The highest BCUT2D eigenvalue weighted by Crippen LogP contribution is 2.35. The van der Waals surface area contributed by atoms with Gasteiger partial charge in [-0.1, -0.05) is 13.8 Å². The van der Waals surface area contributed by atoms with Gasteiger partial charge in [0.1, 0.15) is 0 Å². The van der Waals surface area contributed by atoms with E-state index in [9.17, 15) is 0 Å². The molecule has 0 saturated heterocycles. The van der Waals surface area contributed by atoms with Gasteiger partial charge in [-0.3, -0.25) is 0 Å². The molecule has 2 rings (SSSR count). The highest BCUT2D eigenvalue weighted by Gasteiger charge is 2.30. The Kier molecular flexibility index (Phi) is 3.76. The van der Waals surface area contributed by atoms with Crippen LogP contribution in [-0.2, 0) is 0 Å². The standard InChI is InChI=1S/C15H21N3/c1-11(2)7-8-18(13-4-5-13)15-6-3-12(10-16)9-14(15)17/h3,6,9,11,13H,4-5,7-8,17H2,1-2H3. The molecular weight excluding hydrogens is 222 g/mol. The van der Waals surface area contributed by atoms with Crippen molar-refractivity contribution in [3.63, 3.8) is 0 Å². The maximum absolute atomic E-state index is 8.87. The highest BCUT2D eigenvalue weighted by atomic mass is 15.2. The second-order valence-electron chi connectivity index (χ2n) is 5.49. The number of nitriles is 1. The quantitative estimate of drug-likeness (QED) is 0.808. The second-order valence-corrected chi connectivity index (χ2v) is 5.49. The molecule has 0 aliphatic heterocycles. The van der Waals surface area contributed by atoms with Gasteiger partial charge in [0.25, 0.3) is 0 Å². The Hall–Kier alpha value is -1.69. The van der Waals surface area contributed by atoms with Crippen LogP contribution in [0.1, 0.15) is 38.7 Å². The van der Waals surface area contributed by atoms with Crippen LogP contribution in [0.3, 0.4) is 0 Å². The first-order valence-corrected chi connectivity index (χ1v) is 6.68. The number of anilines is 2. The Labute approximate surface area is 109 Å². The molecule has 0 spiro atoms. The van der Waals surface area contributed by atoms with E-state index in [-0.39, 0.29) is 0 Å². The van der Waals surface area contributed by atoms with E-state index in [0.29, 0.717) is 17.5 Å². The van der Waals surface area contributed by atoms with Crippen LogP contribution in [0, 0.1) is 17.2 Å². The van der Waals surface area contributed by atoms with E-state index in [1.165, 1.54) is 19.3 Å². The first-order valence-electron chi connectivity index (χ1n) is 6.68. The minimum atomic E-state index is 0.635. The molecule has 0 heterocycles. The van der Waals surface area contributed by atoms with Crippen molar-refractivity contribution in [1.82, 2.24) is 0 Å². The molecule has 0 aromatic heterocycles. The molecule has 1 aromatic carbocycles. The predicted octanol–water partition coefficient (Wildman–Crippen LogP) is 3.16. The average Bonchev–Trinajstić information content (AvgIpc) is 3.15. The number of nitrogen functional groups attached to an aromatic ring is 1. The molecule has 0 atom stereocenters. The van der Waals surface area contributed by atoms with Crippen LogP contribution in [0.4, 0.5) is 11.4 Å². The molecule has 1 aliphatic carbocycles. The molecule has 3 nitrogen and oxygen atoms in total. The van der Waals surface area contributed by atoms with E-state index < -0.39 is 0 Å². The lowest BCUT2D eigenvalue weighted by molar-refractivity contribution is 0.571. The predicted molar refractivity (Wildman–Crippen MR) is 75.4 cm³/mol. The zero-order chi connectivity index (χ0) is 13.1. The number of benzene rings is 1. The molecule has 1 aromatic rings. The summed E-state index contributed by atoms with van der Waals surface area (Å²) in [5.74, 6) is 0.700. The number of hydrogen-bond acceptors (Lipinski definition) is 3. The summed E-state index contributed by atoms with van der Waals surface area (Å²) in [4.78, 5) is 2.41. The molecule has 96 valence electrons. The van der Waals surface area contributed by atoms with E-state index in [2.05, 4.69) is 24.8 Å². The molecule has 0 unspecified atom stereocenters. The fourth-order valence-corrected chi connectivity index (χ4v) is 2.17. The van der Waals surface area contributed by atoms with Crippen molar-refractivity contribution in [1.29, 1.82) is 5.26 Å². The summed E-state index contributed by atoms with van der Waals surface area (Å²) in [6.45, 7) is 5.54. The fraction of sp³-hybridized carbons (Fsp3) is 0.533. The van der Waals surface area contributed by atoms with Gasteiger partial charge in [0.05, 0.1) is 23.0 Å². The molecule has 0 radical (unpaired) electrons. The molecule has 0 amide bonds. The van der Waals surface area contributed by atoms with Crippen molar-refractivity contribution < 1.29 is 0 Å². The maximum Gasteiger partial charge on any atom is 0.0992 e. The first-order chi connectivity index (χ1) is 8.61. The van der Waals surface area contributed by atoms with Crippen LogP contribution in [0.25, 0.3) is 0 Å². The largest absolute Gasteiger partial charge is 0.397 e. The highest BCUT2D eigenvalue weighted by molar-refractivity contribution is 5.70. The molecule has 0 bridgehead atoms. The molecule has 1 saturated carbocycles. The Bertz CT molecular complexity index is 455. The van der Waals surface area contributed by atoms with Gasteiger partial charge in [-0.2, -0.15) is 5.26 Å². The van der Waals surface area contributed by atoms with Gasteiger partial charge in [-0.25, -0.2) is 0 Å². The summed E-state index contributed by atoms with van der Waals surface area (Å²) in [6, 6.07) is 8.41. The van der Waals surface area contributed by atoms with Gasteiger partial charge >= 0.3 is 0 Å². The molecule has 18 heavy (non-hydrogen) atoms. The minimum Gasteiger partial charge on any atom is -0.397 e. The van der Waals surface area contributed by atoms with E-state index in [1.54, 1.807) is 6.07 Å². The van der Waals surface area contributed by atoms with Crippen molar-refractivity contribution in [2.45, 2.75) is 39.2 Å². The van der Waals surface area contributed by atoms with E-state index in [1.807, 2.05) is 12.1 Å². The van der Waals surface area contributed by atoms with Crippen molar-refractivity contribution in [2.24, 2.45) is 5.92 Å². The van der Waals surface area contributed by atoms with Crippen LogP contribution >= 0.6 is 0 Å². The third-order valence-electron chi connectivity index (χ3n) is 3.40. The van der Waals surface area contributed by atoms with Crippen LogP contribution in [0.5, 0.6) is 0 Å². The second kappa shape index (κ2) is 5.30. The van der Waals surface area contributed by atoms with Gasteiger partial charge in [-0.15, -0.1) is 0 Å². The van der Waals surface area contributed by atoms with Crippen LogP contribution < -0.4 is 10.6 Å². The van der Waals surface area contributed by atoms with Gasteiger partial charge in [0.15, 0.2) is 0 Å². The number of rotatable bonds is 5. The Balaban J connectivity index is 2.17. The van der Waals surface area contributed by atoms with Crippen LogP contribution in [-0.4, -0.2) is 12.6 Å². The zero-order valence-electron chi connectivity index (χ0n) is 11.2. The lowest BCUT2D eigenvalue weighted by atomic mass is 10.1. The summed E-state index contributed by atoms with van der Waals surface area (Å²) in [5.41, 5.74) is 8.53. The Morgan fingerprint density at radius 1 is 1.44 bits per heavy atom. The van der Waals surface area contributed by atoms with Crippen molar-refractivity contribution in [2.75, 3.05) is 17.2 Å². The normalized spacial score (nSPS) is 14.6. The summed E-state index contributed by atoms with van der Waals surface area (Å²) < 4.78 is 0. The SMILES string of the molecule is CC(C)CCN(c1ccc(C#N)cc1N)C1CC1. The van der Waals surface area contributed by atoms with Gasteiger partial charge in [0, 0.05) is 12.6 Å². The van der Waals surface area contributed by atoms with Crippen molar-refractivity contribution in [3.8, 4) is 6.07 Å². The summed E-state index contributed by atoms with van der Waals surface area (Å²) >= 11 is 0. The van der Waals surface area contributed by atoms with E-state index >= 15 is 0 Å². The van der Waals surface area contributed by atoms with Crippen LogP contribution in [0.15, 0.2) is 18.2 Å². The minimum absolute atomic E-state index is 0.635. The average molecular weight is 243 g/mol. The van der Waals surface area contributed by atoms with Gasteiger partial charge < -0.3 is 10.6 Å². The van der Waals surface area contributed by atoms with Crippen LogP contribution in [0.2, 0.25) is 0 Å². The fourth-order valence-electron chi connectivity index (χ4n) is 2.17. The maximum atomic E-state index is 8.87. The third kappa shape index (κ3) is 2.95. The molecule has 2 N–H and O–H groups in total. The van der Waals surface area contributed by atoms with Gasteiger partial charge in [0.2, 0.25) is 0 Å². The van der Waals surface area contributed by atoms with Crippen molar-refractivity contribution in [3.05, 3.63) is 23.8 Å².